The van der Waals surface area contributed by atoms with Gasteiger partial charge in [0, 0.05) is 0 Å². The molecule has 1 aromatic rings. The molecule has 0 nitrogen and oxygen atoms in total. The molecule has 0 saturated carbocycles. The van der Waals surface area contributed by atoms with Gasteiger partial charge < -0.3 is 0 Å². The van der Waals surface area contributed by atoms with Crippen LogP contribution in [0, 0.1) is 5.92 Å². The second-order valence-corrected chi connectivity index (χ2v) is 6.64. The Kier molecular flexibility index (Phi) is 7.06. The van der Waals surface area contributed by atoms with Gasteiger partial charge in [-0.25, -0.2) is 0 Å². The van der Waals surface area contributed by atoms with Gasteiger partial charge in [0.15, 0.2) is 0 Å². The summed E-state index contributed by atoms with van der Waals surface area (Å²) in [6.07, 6.45) is 15.9. The molecule has 116 valence electrons. The maximum absolute atomic E-state index is 2.48. The van der Waals surface area contributed by atoms with Gasteiger partial charge in [-0.15, -0.1) is 0 Å². The first-order chi connectivity index (χ1) is 10.3. The van der Waals surface area contributed by atoms with Crippen molar-refractivity contribution in [1.29, 1.82) is 0 Å². The van der Waals surface area contributed by atoms with E-state index in [0.29, 0.717) is 0 Å². The second kappa shape index (κ2) is 9.07. The number of benzene rings is 1. The summed E-state index contributed by atoms with van der Waals surface area (Å²) in [4.78, 5) is 0. The van der Waals surface area contributed by atoms with Crippen molar-refractivity contribution in [3.8, 4) is 0 Å². The Hall–Kier alpha value is -1.04. The highest BCUT2D eigenvalue weighted by Crippen LogP contribution is 2.31. The molecule has 1 aliphatic rings. The van der Waals surface area contributed by atoms with Crippen molar-refractivity contribution in [1.82, 2.24) is 0 Å². The fraction of sp³-hybridized carbons (Fsp3) is 0.619. The van der Waals surface area contributed by atoms with Gasteiger partial charge >= 0.3 is 0 Å². The summed E-state index contributed by atoms with van der Waals surface area (Å²) in [5.74, 6) is 0.927. The van der Waals surface area contributed by atoms with Gasteiger partial charge in [-0.3, -0.25) is 0 Å². The van der Waals surface area contributed by atoms with Crippen molar-refractivity contribution in [2.45, 2.75) is 78.1 Å². The van der Waals surface area contributed by atoms with E-state index in [1.165, 1.54) is 75.3 Å². The second-order valence-electron chi connectivity index (χ2n) is 6.64. The van der Waals surface area contributed by atoms with E-state index in [-0.39, 0.29) is 0 Å². The first-order valence-electron chi connectivity index (χ1n) is 9.11. The Morgan fingerprint density at radius 3 is 2.33 bits per heavy atom. The summed E-state index contributed by atoms with van der Waals surface area (Å²) < 4.78 is 0. The van der Waals surface area contributed by atoms with Crippen LogP contribution < -0.4 is 0 Å². The number of unbranched alkanes of at least 4 members (excludes halogenated alkanes) is 4. The lowest BCUT2D eigenvalue weighted by atomic mass is 9.85. The summed E-state index contributed by atoms with van der Waals surface area (Å²) in [5.41, 5.74) is 4.55. The molecular formula is C21H32. The highest BCUT2D eigenvalue weighted by molar-refractivity contribution is 5.66. The third-order valence-electron chi connectivity index (χ3n) is 4.99. The predicted molar refractivity (Wildman–Crippen MR) is 94.5 cm³/mol. The third kappa shape index (κ3) is 5.34. The largest absolute Gasteiger partial charge is 0.0804 e. The maximum Gasteiger partial charge on any atom is -0.0228 e. The average Bonchev–Trinajstić information content (AvgIpc) is 2.55. The Balaban J connectivity index is 1.80. The minimum absolute atomic E-state index is 0.927. The Labute approximate surface area is 131 Å². The monoisotopic (exact) mass is 284 g/mol. The van der Waals surface area contributed by atoms with Gasteiger partial charge in [-0.05, 0) is 54.7 Å². The van der Waals surface area contributed by atoms with Crippen molar-refractivity contribution in [2.75, 3.05) is 0 Å². The zero-order chi connectivity index (χ0) is 14.9. The van der Waals surface area contributed by atoms with E-state index in [1.54, 1.807) is 5.57 Å². The van der Waals surface area contributed by atoms with Crippen molar-refractivity contribution < 1.29 is 0 Å². The van der Waals surface area contributed by atoms with Crippen LogP contribution in [0.5, 0.6) is 0 Å². The number of aryl methyl sites for hydroxylation is 1. The standard InChI is InChI=1S/C21H32/c1-3-5-6-7-8-9-19-12-16-21(17-13-19)20-14-10-18(4-2)11-15-20/h12-14,16-18H,3-11,15H2,1-2H3. The number of allylic oxidation sites excluding steroid dienone is 2. The topological polar surface area (TPSA) is 0 Å². The maximum atomic E-state index is 2.48. The molecular weight excluding hydrogens is 252 g/mol. The van der Waals surface area contributed by atoms with Gasteiger partial charge in [0.05, 0.1) is 0 Å². The number of rotatable bonds is 8. The van der Waals surface area contributed by atoms with Crippen molar-refractivity contribution in [3.05, 3.63) is 41.5 Å². The first-order valence-corrected chi connectivity index (χ1v) is 9.11. The molecule has 0 saturated heterocycles. The molecule has 0 amide bonds. The van der Waals surface area contributed by atoms with Crippen LogP contribution in [0.25, 0.3) is 5.57 Å². The molecule has 0 bridgehead atoms. The molecule has 2 rings (SSSR count). The Bertz CT molecular complexity index is 424. The van der Waals surface area contributed by atoms with Crippen LogP contribution >= 0.6 is 0 Å². The molecule has 0 heterocycles. The van der Waals surface area contributed by atoms with E-state index in [4.69, 9.17) is 0 Å². The Morgan fingerprint density at radius 1 is 0.952 bits per heavy atom. The molecule has 0 heteroatoms. The smallest absolute Gasteiger partial charge is 0.0228 e. The molecule has 1 atom stereocenters. The minimum atomic E-state index is 0.927. The van der Waals surface area contributed by atoms with E-state index >= 15 is 0 Å². The highest BCUT2D eigenvalue weighted by atomic mass is 14.2. The summed E-state index contributed by atoms with van der Waals surface area (Å²) in [7, 11) is 0. The molecule has 0 spiro atoms. The normalized spacial score (nSPS) is 18.6. The molecule has 1 unspecified atom stereocenters. The molecule has 1 aliphatic carbocycles. The van der Waals surface area contributed by atoms with Crippen molar-refractivity contribution in [3.63, 3.8) is 0 Å². The summed E-state index contributed by atoms with van der Waals surface area (Å²) in [6, 6.07) is 9.39. The Morgan fingerprint density at radius 2 is 1.71 bits per heavy atom. The molecule has 0 N–H and O–H groups in total. The van der Waals surface area contributed by atoms with Gasteiger partial charge in [0.1, 0.15) is 0 Å². The van der Waals surface area contributed by atoms with Gasteiger partial charge in [0.25, 0.3) is 0 Å². The lowest BCUT2D eigenvalue weighted by Gasteiger charge is -2.20. The number of hydrogen-bond donors (Lipinski definition) is 0. The molecule has 0 aromatic heterocycles. The van der Waals surface area contributed by atoms with Crippen LogP contribution in [-0.2, 0) is 6.42 Å². The van der Waals surface area contributed by atoms with Crippen LogP contribution in [0.3, 0.4) is 0 Å². The van der Waals surface area contributed by atoms with E-state index in [1.807, 2.05) is 0 Å². The predicted octanol–water partition coefficient (Wildman–Crippen LogP) is 6.79. The first kappa shape index (κ1) is 16.3. The van der Waals surface area contributed by atoms with Crippen LogP contribution in [0.15, 0.2) is 30.3 Å². The van der Waals surface area contributed by atoms with Crippen molar-refractivity contribution in [2.24, 2.45) is 5.92 Å². The van der Waals surface area contributed by atoms with Crippen LogP contribution in [0.2, 0.25) is 0 Å². The van der Waals surface area contributed by atoms with E-state index in [9.17, 15) is 0 Å². The highest BCUT2D eigenvalue weighted by Gasteiger charge is 2.13. The summed E-state index contributed by atoms with van der Waals surface area (Å²) >= 11 is 0. The van der Waals surface area contributed by atoms with Gasteiger partial charge in [0.2, 0.25) is 0 Å². The lowest BCUT2D eigenvalue weighted by Crippen LogP contribution is -2.03. The van der Waals surface area contributed by atoms with E-state index < -0.39 is 0 Å². The van der Waals surface area contributed by atoms with Gasteiger partial charge in [-0.2, -0.15) is 0 Å². The SMILES string of the molecule is CCCCCCCc1ccc(C2=CCC(CC)CC2)cc1. The fourth-order valence-corrected chi connectivity index (χ4v) is 3.34. The summed E-state index contributed by atoms with van der Waals surface area (Å²) in [5, 5.41) is 0. The third-order valence-corrected chi connectivity index (χ3v) is 4.99. The van der Waals surface area contributed by atoms with Crippen LogP contribution in [-0.4, -0.2) is 0 Å². The zero-order valence-electron chi connectivity index (χ0n) is 14.0. The lowest BCUT2D eigenvalue weighted by molar-refractivity contribution is 0.471. The average molecular weight is 284 g/mol. The fourth-order valence-electron chi connectivity index (χ4n) is 3.34. The molecule has 0 fully saturated rings. The quantitative estimate of drug-likeness (QED) is 0.461. The molecule has 0 radical (unpaired) electrons. The van der Waals surface area contributed by atoms with Crippen LogP contribution in [0.4, 0.5) is 0 Å². The van der Waals surface area contributed by atoms with E-state index in [0.717, 1.165) is 5.92 Å². The van der Waals surface area contributed by atoms with Crippen molar-refractivity contribution >= 4 is 5.57 Å². The zero-order valence-corrected chi connectivity index (χ0v) is 14.0. The summed E-state index contributed by atoms with van der Waals surface area (Å²) in [6.45, 7) is 4.60. The van der Waals surface area contributed by atoms with Gasteiger partial charge in [-0.1, -0.05) is 76.3 Å². The number of hydrogen-bond acceptors (Lipinski definition) is 0. The minimum Gasteiger partial charge on any atom is -0.0804 e. The molecule has 1 aromatic carbocycles. The van der Waals surface area contributed by atoms with E-state index in [2.05, 4.69) is 44.2 Å². The molecule has 21 heavy (non-hydrogen) atoms. The molecule has 0 aliphatic heterocycles. The van der Waals surface area contributed by atoms with Crippen LogP contribution in [0.1, 0.15) is 82.8 Å².